The smallest absolute Gasteiger partial charge is 0.184 e. The first kappa shape index (κ1) is 10.6. The van der Waals surface area contributed by atoms with Gasteiger partial charge in [-0.05, 0) is 31.3 Å². The lowest BCUT2D eigenvalue weighted by Crippen LogP contribution is -2.25. The van der Waals surface area contributed by atoms with E-state index in [0.717, 1.165) is 11.0 Å². The number of fused-ring (bicyclic) bond motifs is 1. The molecular formula is C10H11N5S. The number of hydrazone groups is 1. The maximum Gasteiger partial charge on any atom is 0.184 e. The minimum Gasteiger partial charge on any atom is -0.375 e. The van der Waals surface area contributed by atoms with Crippen molar-refractivity contribution in [1.82, 2.24) is 15.4 Å². The van der Waals surface area contributed by atoms with E-state index in [9.17, 15) is 0 Å². The monoisotopic (exact) mass is 233 g/mol. The molecule has 5 nitrogen and oxygen atoms in total. The molecule has 0 unspecified atom stereocenters. The van der Waals surface area contributed by atoms with E-state index in [1.54, 1.807) is 0 Å². The Labute approximate surface area is 97.8 Å². The van der Waals surface area contributed by atoms with Crippen molar-refractivity contribution in [3.8, 4) is 0 Å². The van der Waals surface area contributed by atoms with E-state index in [-0.39, 0.29) is 5.11 Å². The Kier molecular flexibility index (Phi) is 2.82. The van der Waals surface area contributed by atoms with Gasteiger partial charge in [-0.2, -0.15) is 5.10 Å². The fourth-order valence-electron chi connectivity index (χ4n) is 1.32. The van der Waals surface area contributed by atoms with Crippen molar-refractivity contribution in [2.45, 2.75) is 6.92 Å². The second-order valence-corrected chi connectivity index (χ2v) is 3.72. The lowest BCUT2D eigenvalue weighted by atomic mass is 10.3. The van der Waals surface area contributed by atoms with Crippen molar-refractivity contribution in [2.24, 2.45) is 10.8 Å². The zero-order chi connectivity index (χ0) is 11.5. The van der Waals surface area contributed by atoms with E-state index in [0.29, 0.717) is 11.5 Å². The van der Waals surface area contributed by atoms with Crippen molar-refractivity contribution in [2.75, 3.05) is 0 Å². The van der Waals surface area contributed by atoms with Gasteiger partial charge in [0.2, 0.25) is 0 Å². The molecule has 0 radical (unpaired) electrons. The van der Waals surface area contributed by atoms with Crippen LogP contribution in [0.25, 0.3) is 11.0 Å². The molecular weight excluding hydrogens is 222 g/mol. The van der Waals surface area contributed by atoms with Crippen LogP contribution >= 0.6 is 12.2 Å². The van der Waals surface area contributed by atoms with Crippen LogP contribution in [0.15, 0.2) is 29.4 Å². The Morgan fingerprint density at radius 3 is 2.94 bits per heavy atom. The number of rotatable bonds is 2. The second-order valence-electron chi connectivity index (χ2n) is 3.28. The fourth-order valence-corrected chi connectivity index (χ4v) is 1.36. The molecule has 0 saturated carbocycles. The van der Waals surface area contributed by atoms with Gasteiger partial charge in [0.15, 0.2) is 10.9 Å². The minimum absolute atomic E-state index is 0.135. The van der Waals surface area contributed by atoms with Gasteiger partial charge in [-0.25, -0.2) is 4.98 Å². The summed E-state index contributed by atoms with van der Waals surface area (Å²) in [6, 6.07) is 7.78. The van der Waals surface area contributed by atoms with Crippen LogP contribution in [-0.4, -0.2) is 20.8 Å². The third kappa shape index (κ3) is 2.17. The van der Waals surface area contributed by atoms with Gasteiger partial charge in [0.25, 0.3) is 0 Å². The lowest BCUT2D eigenvalue weighted by Gasteiger charge is -1.97. The van der Waals surface area contributed by atoms with E-state index in [2.05, 4.69) is 32.7 Å². The molecule has 0 spiro atoms. The van der Waals surface area contributed by atoms with Gasteiger partial charge in [-0.15, -0.1) is 0 Å². The SMILES string of the molecule is C/C(=N/NC(N)=S)c1nc2ccccc2[nH]1. The van der Waals surface area contributed by atoms with Gasteiger partial charge in [-0.3, -0.25) is 5.43 Å². The third-order valence-electron chi connectivity index (χ3n) is 2.07. The van der Waals surface area contributed by atoms with Crippen LogP contribution in [0.2, 0.25) is 0 Å². The lowest BCUT2D eigenvalue weighted by molar-refractivity contribution is 1.02. The van der Waals surface area contributed by atoms with E-state index in [1.807, 2.05) is 31.2 Å². The van der Waals surface area contributed by atoms with Crippen molar-refractivity contribution in [3.05, 3.63) is 30.1 Å². The van der Waals surface area contributed by atoms with E-state index < -0.39 is 0 Å². The number of aromatic amines is 1. The molecule has 0 fully saturated rings. The highest BCUT2D eigenvalue weighted by atomic mass is 32.1. The molecule has 0 atom stereocenters. The number of thiocarbonyl (C=S) groups is 1. The molecule has 0 aliphatic rings. The van der Waals surface area contributed by atoms with Gasteiger partial charge in [0.1, 0.15) is 5.71 Å². The van der Waals surface area contributed by atoms with Crippen LogP contribution in [0.4, 0.5) is 0 Å². The molecule has 0 saturated heterocycles. The van der Waals surface area contributed by atoms with Gasteiger partial charge in [0.05, 0.1) is 11.0 Å². The second kappa shape index (κ2) is 4.28. The number of nitrogens with zero attached hydrogens (tertiary/aromatic N) is 2. The summed E-state index contributed by atoms with van der Waals surface area (Å²) in [7, 11) is 0. The molecule has 6 heteroatoms. The predicted molar refractivity (Wildman–Crippen MR) is 68.2 cm³/mol. The standard InChI is InChI=1S/C10H11N5S/c1-6(14-15-10(11)16)9-12-7-4-2-3-5-8(7)13-9/h2-5H,1H3,(H,12,13)(H3,11,15,16)/b14-6-. The molecule has 0 amide bonds. The number of aromatic nitrogens is 2. The number of nitrogens with one attached hydrogen (secondary N) is 2. The summed E-state index contributed by atoms with van der Waals surface area (Å²) >= 11 is 4.66. The van der Waals surface area contributed by atoms with Gasteiger partial charge in [0, 0.05) is 0 Å². The number of hydrogen-bond donors (Lipinski definition) is 3. The number of benzene rings is 1. The van der Waals surface area contributed by atoms with Crippen LogP contribution in [0.5, 0.6) is 0 Å². The molecule has 0 aliphatic carbocycles. The van der Waals surface area contributed by atoms with Crippen LogP contribution in [0, 0.1) is 0 Å². The maximum absolute atomic E-state index is 5.28. The highest BCUT2D eigenvalue weighted by Gasteiger charge is 2.04. The molecule has 4 N–H and O–H groups in total. The van der Waals surface area contributed by atoms with E-state index in [1.165, 1.54) is 0 Å². The summed E-state index contributed by atoms with van der Waals surface area (Å²) in [5.41, 5.74) is 10.4. The minimum atomic E-state index is 0.135. The largest absolute Gasteiger partial charge is 0.375 e. The van der Waals surface area contributed by atoms with Gasteiger partial charge < -0.3 is 10.7 Å². The van der Waals surface area contributed by atoms with Crippen molar-refractivity contribution >= 4 is 34.1 Å². The van der Waals surface area contributed by atoms with Gasteiger partial charge in [-0.1, -0.05) is 12.1 Å². The zero-order valence-electron chi connectivity index (χ0n) is 8.69. The predicted octanol–water partition coefficient (Wildman–Crippen LogP) is 1.12. The Bertz CT molecular complexity index is 524. The highest BCUT2D eigenvalue weighted by Crippen LogP contribution is 2.10. The van der Waals surface area contributed by atoms with Crippen LogP contribution in [0.3, 0.4) is 0 Å². The topological polar surface area (TPSA) is 79.1 Å². The summed E-state index contributed by atoms with van der Waals surface area (Å²) in [4.78, 5) is 7.53. The molecule has 0 aliphatic heterocycles. The summed E-state index contributed by atoms with van der Waals surface area (Å²) in [6.07, 6.45) is 0. The molecule has 82 valence electrons. The average molecular weight is 233 g/mol. The Morgan fingerprint density at radius 2 is 2.25 bits per heavy atom. The number of nitrogens with two attached hydrogens (primary N) is 1. The molecule has 1 heterocycles. The molecule has 0 bridgehead atoms. The van der Waals surface area contributed by atoms with Crippen molar-refractivity contribution < 1.29 is 0 Å². The molecule has 1 aromatic carbocycles. The number of imidazole rings is 1. The normalized spacial score (nSPS) is 11.7. The first-order valence-corrected chi connectivity index (χ1v) is 5.12. The first-order chi connectivity index (χ1) is 7.66. The van der Waals surface area contributed by atoms with E-state index >= 15 is 0 Å². The third-order valence-corrected chi connectivity index (χ3v) is 2.16. The first-order valence-electron chi connectivity index (χ1n) is 4.71. The Hall–Kier alpha value is -1.95. The summed E-state index contributed by atoms with van der Waals surface area (Å²) in [5.74, 6) is 0.699. The van der Waals surface area contributed by atoms with Crippen LogP contribution in [-0.2, 0) is 0 Å². The molecule has 2 aromatic rings. The number of hydrogen-bond acceptors (Lipinski definition) is 3. The quantitative estimate of drug-likeness (QED) is 0.412. The average Bonchev–Trinajstić information content (AvgIpc) is 2.69. The van der Waals surface area contributed by atoms with Crippen LogP contribution < -0.4 is 11.2 Å². The van der Waals surface area contributed by atoms with Gasteiger partial charge >= 0.3 is 0 Å². The summed E-state index contributed by atoms with van der Waals surface area (Å²) in [6.45, 7) is 1.82. The maximum atomic E-state index is 5.28. The van der Waals surface area contributed by atoms with Crippen molar-refractivity contribution in [1.29, 1.82) is 0 Å². The fraction of sp³-hybridized carbons (Fsp3) is 0.100. The zero-order valence-corrected chi connectivity index (χ0v) is 9.51. The molecule has 2 rings (SSSR count). The molecule has 1 aromatic heterocycles. The van der Waals surface area contributed by atoms with E-state index in [4.69, 9.17) is 5.73 Å². The number of para-hydroxylation sites is 2. The summed E-state index contributed by atoms with van der Waals surface area (Å²) in [5, 5.41) is 4.13. The Balaban J connectivity index is 2.33. The highest BCUT2D eigenvalue weighted by molar-refractivity contribution is 7.80. The summed E-state index contributed by atoms with van der Waals surface area (Å²) < 4.78 is 0. The number of H-pyrrole nitrogens is 1. The van der Waals surface area contributed by atoms with Crippen molar-refractivity contribution in [3.63, 3.8) is 0 Å². The van der Waals surface area contributed by atoms with Crippen LogP contribution in [0.1, 0.15) is 12.7 Å². The Morgan fingerprint density at radius 1 is 1.50 bits per heavy atom. The molecule has 16 heavy (non-hydrogen) atoms.